The Morgan fingerprint density at radius 3 is 2.93 bits per heavy atom. The van der Waals surface area contributed by atoms with Crippen molar-refractivity contribution in [3.63, 3.8) is 0 Å². The summed E-state index contributed by atoms with van der Waals surface area (Å²) in [5.41, 5.74) is 6.33. The first-order chi connectivity index (χ1) is 6.70. The minimum atomic E-state index is -0.524. The molecule has 0 radical (unpaired) electrons. The van der Waals surface area contributed by atoms with E-state index in [0.29, 0.717) is 12.0 Å². The van der Waals surface area contributed by atoms with E-state index < -0.39 is 5.82 Å². The first kappa shape index (κ1) is 10.4. The summed E-state index contributed by atoms with van der Waals surface area (Å²) in [6, 6.07) is 5.92. The van der Waals surface area contributed by atoms with E-state index in [1.165, 1.54) is 6.07 Å². The van der Waals surface area contributed by atoms with Crippen molar-refractivity contribution in [3.05, 3.63) is 47.8 Å². The quantitative estimate of drug-likeness (QED) is 0.743. The van der Waals surface area contributed by atoms with Crippen molar-refractivity contribution >= 4 is 0 Å². The highest BCUT2D eigenvalue weighted by molar-refractivity contribution is 5.40. The maximum absolute atomic E-state index is 13.1. The Labute approximate surface area is 82.5 Å². The predicted octanol–water partition coefficient (Wildman–Crippen LogP) is 2.27. The summed E-state index contributed by atoms with van der Waals surface area (Å²) in [4.78, 5) is 0. The van der Waals surface area contributed by atoms with Crippen LogP contribution in [0.5, 0.6) is 0 Å². The molecule has 0 amide bonds. The van der Waals surface area contributed by atoms with Gasteiger partial charge in [-0.15, -0.1) is 6.58 Å². The molecule has 0 saturated heterocycles. The molecule has 0 saturated carbocycles. The smallest absolute Gasteiger partial charge is 0.141 e. The van der Waals surface area contributed by atoms with E-state index in [0.717, 1.165) is 0 Å². The van der Waals surface area contributed by atoms with Gasteiger partial charge in [-0.1, -0.05) is 18.2 Å². The predicted molar refractivity (Wildman–Crippen MR) is 52.9 cm³/mol. The Morgan fingerprint density at radius 2 is 2.36 bits per heavy atom. The highest BCUT2D eigenvalue weighted by Crippen LogP contribution is 2.20. The van der Waals surface area contributed by atoms with Crippen molar-refractivity contribution in [1.82, 2.24) is 0 Å². The van der Waals surface area contributed by atoms with Crippen molar-refractivity contribution in [3.8, 4) is 6.07 Å². The topological polar surface area (TPSA) is 49.8 Å². The minimum absolute atomic E-state index is 0.0295. The maximum Gasteiger partial charge on any atom is 0.141 e. The van der Waals surface area contributed by atoms with Crippen LogP contribution < -0.4 is 5.73 Å². The summed E-state index contributed by atoms with van der Waals surface area (Å²) in [6.45, 7) is 3.55. The van der Waals surface area contributed by atoms with Gasteiger partial charge in [0.2, 0.25) is 0 Å². The third-order valence-electron chi connectivity index (χ3n) is 1.98. The maximum atomic E-state index is 13.1. The Hall–Kier alpha value is -1.66. The van der Waals surface area contributed by atoms with E-state index in [9.17, 15) is 4.39 Å². The van der Waals surface area contributed by atoms with Gasteiger partial charge in [-0.25, -0.2) is 4.39 Å². The van der Waals surface area contributed by atoms with E-state index in [1.807, 2.05) is 6.07 Å². The van der Waals surface area contributed by atoms with Crippen LogP contribution in [0.3, 0.4) is 0 Å². The van der Waals surface area contributed by atoms with Gasteiger partial charge >= 0.3 is 0 Å². The van der Waals surface area contributed by atoms with E-state index in [2.05, 4.69) is 6.58 Å². The lowest BCUT2D eigenvalue weighted by Gasteiger charge is -2.11. The largest absolute Gasteiger partial charge is 0.324 e. The Morgan fingerprint density at radius 1 is 1.64 bits per heavy atom. The zero-order valence-electron chi connectivity index (χ0n) is 7.70. The molecule has 0 aliphatic carbocycles. The molecule has 0 aliphatic rings. The molecule has 0 heterocycles. The monoisotopic (exact) mass is 190 g/mol. The van der Waals surface area contributed by atoms with E-state index in [-0.39, 0.29) is 11.6 Å². The Kier molecular flexibility index (Phi) is 3.38. The fraction of sp³-hybridized carbons (Fsp3) is 0.182. The molecule has 0 bridgehead atoms. The molecule has 3 heteroatoms. The molecule has 1 atom stereocenters. The SMILES string of the molecule is C=CC[C@H](N)c1cccc(F)c1C#N. The van der Waals surface area contributed by atoms with Crippen LogP contribution in [0, 0.1) is 17.1 Å². The zero-order chi connectivity index (χ0) is 10.6. The van der Waals surface area contributed by atoms with Crippen LogP contribution in [0.2, 0.25) is 0 Å². The standard InChI is InChI=1S/C11H11FN2/c1-2-4-11(14)8-5-3-6-10(12)9(8)7-13/h2-3,5-6,11H,1,4,14H2/t11-/m0/s1. The molecule has 2 nitrogen and oxygen atoms in total. The molecule has 72 valence electrons. The van der Waals surface area contributed by atoms with E-state index in [4.69, 9.17) is 11.0 Å². The molecule has 14 heavy (non-hydrogen) atoms. The van der Waals surface area contributed by atoms with Gasteiger partial charge in [0.25, 0.3) is 0 Å². The second kappa shape index (κ2) is 4.54. The Balaban J connectivity index is 3.14. The van der Waals surface area contributed by atoms with Crippen molar-refractivity contribution in [2.45, 2.75) is 12.5 Å². The van der Waals surface area contributed by atoms with Crippen molar-refractivity contribution in [2.75, 3.05) is 0 Å². The number of hydrogen-bond acceptors (Lipinski definition) is 2. The van der Waals surface area contributed by atoms with E-state index in [1.54, 1.807) is 18.2 Å². The molecule has 0 aliphatic heterocycles. The zero-order valence-corrected chi connectivity index (χ0v) is 7.70. The van der Waals surface area contributed by atoms with Crippen LogP contribution in [0.25, 0.3) is 0 Å². The van der Waals surface area contributed by atoms with E-state index >= 15 is 0 Å². The first-order valence-corrected chi connectivity index (χ1v) is 4.25. The molecule has 1 rings (SSSR count). The van der Waals surface area contributed by atoms with Crippen LogP contribution in [-0.4, -0.2) is 0 Å². The number of nitriles is 1. The van der Waals surface area contributed by atoms with Gasteiger partial charge in [-0.3, -0.25) is 0 Å². The number of nitrogens with two attached hydrogens (primary N) is 1. The summed E-state index contributed by atoms with van der Waals surface area (Å²) in [6.07, 6.45) is 2.18. The van der Waals surface area contributed by atoms with Gasteiger partial charge in [0.05, 0.1) is 5.56 Å². The van der Waals surface area contributed by atoms with Crippen molar-refractivity contribution in [1.29, 1.82) is 5.26 Å². The number of benzene rings is 1. The van der Waals surface area contributed by atoms with Gasteiger partial charge in [0, 0.05) is 6.04 Å². The summed E-state index contributed by atoms with van der Waals surface area (Å²) in [7, 11) is 0. The highest BCUT2D eigenvalue weighted by atomic mass is 19.1. The van der Waals surface area contributed by atoms with Crippen LogP contribution in [0.4, 0.5) is 4.39 Å². The average Bonchev–Trinajstić information content (AvgIpc) is 2.17. The Bertz CT molecular complexity index is 379. The van der Waals surface area contributed by atoms with Gasteiger partial charge in [0.15, 0.2) is 0 Å². The normalized spacial score (nSPS) is 11.8. The molecule has 1 aromatic carbocycles. The van der Waals surface area contributed by atoms with Crippen LogP contribution in [0.15, 0.2) is 30.9 Å². The van der Waals surface area contributed by atoms with Crippen LogP contribution >= 0.6 is 0 Å². The van der Waals surface area contributed by atoms with Crippen LogP contribution in [0.1, 0.15) is 23.6 Å². The average molecular weight is 190 g/mol. The van der Waals surface area contributed by atoms with Gasteiger partial charge in [-0.05, 0) is 18.1 Å². The lowest BCUT2D eigenvalue weighted by atomic mass is 9.99. The number of hydrogen-bond donors (Lipinski definition) is 1. The molecule has 0 fully saturated rings. The van der Waals surface area contributed by atoms with Crippen molar-refractivity contribution < 1.29 is 4.39 Å². The molecule has 0 spiro atoms. The molecular weight excluding hydrogens is 179 g/mol. The van der Waals surface area contributed by atoms with Gasteiger partial charge in [-0.2, -0.15) is 5.26 Å². The lowest BCUT2D eigenvalue weighted by Crippen LogP contribution is -2.11. The summed E-state index contributed by atoms with van der Waals surface area (Å²) in [5.74, 6) is -0.524. The third kappa shape index (κ3) is 1.98. The molecule has 0 aromatic heterocycles. The van der Waals surface area contributed by atoms with Crippen LogP contribution in [-0.2, 0) is 0 Å². The number of halogens is 1. The summed E-state index contributed by atoms with van der Waals surface area (Å²) >= 11 is 0. The van der Waals surface area contributed by atoms with Gasteiger partial charge < -0.3 is 5.73 Å². The lowest BCUT2D eigenvalue weighted by molar-refractivity contribution is 0.615. The first-order valence-electron chi connectivity index (χ1n) is 4.25. The molecule has 2 N–H and O–H groups in total. The second-order valence-electron chi connectivity index (χ2n) is 2.95. The second-order valence-corrected chi connectivity index (χ2v) is 2.95. The number of rotatable bonds is 3. The fourth-order valence-electron chi connectivity index (χ4n) is 1.27. The summed E-state index contributed by atoms with van der Waals surface area (Å²) < 4.78 is 13.1. The highest BCUT2D eigenvalue weighted by Gasteiger charge is 2.12. The van der Waals surface area contributed by atoms with Crippen molar-refractivity contribution in [2.24, 2.45) is 5.73 Å². The molecule has 1 aromatic rings. The third-order valence-corrected chi connectivity index (χ3v) is 1.98. The fourth-order valence-corrected chi connectivity index (χ4v) is 1.27. The molecule has 0 unspecified atom stereocenters. The number of nitrogens with zero attached hydrogens (tertiary/aromatic N) is 1. The van der Waals surface area contributed by atoms with Gasteiger partial charge in [0.1, 0.15) is 11.9 Å². The molecular formula is C11H11FN2. The minimum Gasteiger partial charge on any atom is -0.324 e. The summed E-state index contributed by atoms with van der Waals surface area (Å²) in [5, 5.41) is 8.74.